The highest BCUT2D eigenvalue weighted by Gasteiger charge is 2.25. The molecule has 0 amide bonds. The van der Waals surface area contributed by atoms with Crippen LogP contribution in [0.4, 0.5) is 0 Å². The number of ether oxygens (including phenoxy) is 2. The molecule has 0 aromatic heterocycles. The first-order valence-corrected chi connectivity index (χ1v) is 5.02. The van der Waals surface area contributed by atoms with E-state index in [0.29, 0.717) is 0 Å². The summed E-state index contributed by atoms with van der Waals surface area (Å²) in [5.74, 6) is -0.470. The maximum Gasteiger partial charge on any atom is 0.164 e. The van der Waals surface area contributed by atoms with Gasteiger partial charge in [0.05, 0.1) is 0 Å². The zero-order chi connectivity index (χ0) is 9.90. The van der Waals surface area contributed by atoms with E-state index < -0.39 is 5.79 Å². The van der Waals surface area contributed by atoms with Crippen molar-refractivity contribution in [3.8, 4) is 0 Å². The quantitative estimate of drug-likeness (QED) is 0.627. The first kappa shape index (κ1) is 11.0. The summed E-state index contributed by atoms with van der Waals surface area (Å²) in [5.41, 5.74) is 0. The minimum absolute atomic E-state index is 0.164. The van der Waals surface area contributed by atoms with Crippen molar-refractivity contribution >= 4 is 0 Å². The fourth-order valence-corrected chi connectivity index (χ4v) is 1.64. The van der Waals surface area contributed by atoms with E-state index in [0.717, 1.165) is 13.1 Å². The Labute approximate surface area is 81.0 Å². The monoisotopic (exact) mass is 187 g/mol. The predicted molar refractivity (Wildman–Crippen MR) is 52.4 cm³/mol. The molecule has 78 valence electrons. The molecule has 0 aromatic rings. The molecular weight excluding hydrogens is 166 g/mol. The van der Waals surface area contributed by atoms with Crippen molar-refractivity contribution in [1.29, 1.82) is 0 Å². The molecule has 0 spiro atoms. The van der Waals surface area contributed by atoms with Gasteiger partial charge in [0.2, 0.25) is 0 Å². The van der Waals surface area contributed by atoms with E-state index in [2.05, 4.69) is 11.8 Å². The van der Waals surface area contributed by atoms with Crippen molar-refractivity contribution in [1.82, 2.24) is 4.90 Å². The molecule has 1 heterocycles. The molecule has 0 aliphatic carbocycles. The summed E-state index contributed by atoms with van der Waals surface area (Å²) in [6.45, 7) is 8.28. The van der Waals surface area contributed by atoms with Crippen LogP contribution in [0.2, 0.25) is 0 Å². The molecule has 1 aliphatic heterocycles. The van der Waals surface area contributed by atoms with E-state index in [1.165, 1.54) is 12.8 Å². The van der Waals surface area contributed by atoms with Gasteiger partial charge in [-0.15, -0.1) is 0 Å². The van der Waals surface area contributed by atoms with Gasteiger partial charge in [-0.1, -0.05) is 0 Å². The Hall–Kier alpha value is -0.120. The maximum absolute atomic E-state index is 5.77. The summed E-state index contributed by atoms with van der Waals surface area (Å²) >= 11 is 0. The highest BCUT2D eigenvalue weighted by atomic mass is 16.7. The molecule has 1 unspecified atom stereocenters. The molecule has 1 aliphatic rings. The topological polar surface area (TPSA) is 21.7 Å². The summed E-state index contributed by atoms with van der Waals surface area (Å²) in [7, 11) is 1.68. The van der Waals surface area contributed by atoms with Crippen LogP contribution in [0.25, 0.3) is 0 Å². The average molecular weight is 187 g/mol. The van der Waals surface area contributed by atoms with Gasteiger partial charge in [-0.05, 0) is 33.6 Å². The second-order valence-corrected chi connectivity index (χ2v) is 4.06. The fraction of sp³-hybridized carbons (Fsp3) is 1.00. The van der Waals surface area contributed by atoms with E-state index in [1.54, 1.807) is 7.11 Å². The largest absolute Gasteiger partial charge is 0.354 e. The van der Waals surface area contributed by atoms with Gasteiger partial charge in [-0.25, -0.2) is 0 Å². The lowest BCUT2D eigenvalue weighted by Gasteiger charge is -2.32. The van der Waals surface area contributed by atoms with Crippen molar-refractivity contribution in [2.24, 2.45) is 0 Å². The van der Waals surface area contributed by atoms with Crippen molar-refractivity contribution in [3.63, 3.8) is 0 Å². The lowest BCUT2D eigenvalue weighted by Crippen LogP contribution is -2.40. The highest BCUT2D eigenvalue weighted by Crippen LogP contribution is 2.18. The second-order valence-electron chi connectivity index (χ2n) is 4.06. The third-order valence-electron chi connectivity index (χ3n) is 2.60. The zero-order valence-electron chi connectivity index (χ0n) is 9.17. The van der Waals surface area contributed by atoms with Gasteiger partial charge in [0.15, 0.2) is 5.79 Å². The average Bonchev–Trinajstić information content (AvgIpc) is 2.55. The zero-order valence-corrected chi connectivity index (χ0v) is 9.17. The molecule has 0 radical (unpaired) electrons. The summed E-state index contributed by atoms with van der Waals surface area (Å²) in [5, 5.41) is 0. The van der Waals surface area contributed by atoms with Gasteiger partial charge in [0.25, 0.3) is 0 Å². The molecule has 1 rings (SSSR count). The predicted octanol–water partition coefficient (Wildman–Crippen LogP) is 1.83. The Bertz CT molecular complexity index is 153. The molecule has 3 heteroatoms. The molecule has 1 atom stereocenters. The molecule has 1 fully saturated rings. The number of nitrogens with zero attached hydrogens (tertiary/aromatic N) is 1. The van der Waals surface area contributed by atoms with Crippen molar-refractivity contribution in [2.75, 3.05) is 20.2 Å². The van der Waals surface area contributed by atoms with Crippen LogP contribution in [0.5, 0.6) is 0 Å². The van der Waals surface area contributed by atoms with E-state index in [-0.39, 0.29) is 6.23 Å². The summed E-state index contributed by atoms with van der Waals surface area (Å²) < 4.78 is 11.0. The van der Waals surface area contributed by atoms with Gasteiger partial charge in [0.1, 0.15) is 6.23 Å². The van der Waals surface area contributed by atoms with Gasteiger partial charge in [0, 0.05) is 20.2 Å². The van der Waals surface area contributed by atoms with Crippen LogP contribution in [-0.2, 0) is 9.47 Å². The van der Waals surface area contributed by atoms with Crippen LogP contribution < -0.4 is 0 Å². The Morgan fingerprint density at radius 1 is 1.23 bits per heavy atom. The molecule has 0 aromatic carbocycles. The second kappa shape index (κ2) is 4.40. The van der Waals surface area contributed by atoms with Crippen molar-refractivity contribution in [3.05, 3.63) is 0 Å². The van der Waals surface area contributed by atoms with Crippen LogP contribution in [-0.4, -0.2) is 37.1 Å². The van der Waals surface area contributed by atoms with Gasteiger partial charge in [-0.2, -0.15) is 0 Å². The molecule has 0 N–H and O–H groups in total. The Morgan fingerprint density at radius 2 is 1.77 bits per heavy atom. The number of methoxy groups -OCH3 is 1. The Morgan fingerprint density at radius 3 is 2.23 bits per heavy atom. The lowest BCUT2D eigenvalue weighted by molar-refractivity contribution is -0.246. The summed E-state index contributed by atoms with van der Waals surface area (Å²) in [4.78, 5) is 2.35. The molecule has 0 bridgehead atoms. The molecule has 13 heavy (non-hydrogen) atoms. The Kier molecular flexibility index (Phi) is 3.71. The molecule has 0 saturated carbocycles. The first-order valence-electron chi connectivity index (χ1n) is 5.02. The van der Waals surface area contributed by atoms with E-state index in [9.17, 15) is 0 Å². The smallest absolute Gasteiger partial charge is 0.164 e. The first-order chi connectivity index (χ1) is 6.05. The SMILES string of the molecule is COC(C)(C)OC(C)N1CCCC1. The fourth-order valence-electron chi connectivity index (χ4n) is 1.64. The molecule has 1 saturated heterocycles. The third kappa shape index (κ3) is 3.25. The maximum atomic E-state index is 5.77. The van der Waals surface area contributed by atoms with Crippen molar-refractivity contribution in [2.45, 2.75) is 45.6 Å². The van der Waals surface area contributed by atoms with E-state index in [4.69, 9.17) is 9.47 Å². The normalized spacial score (nSPS) is 22.2. The van der Waals surface area contributed by atoms with Crippen LogP contribution in [0.1, 0.15) is 33.6 Å². The number of rotatable bonds is 4. The number of likely N-dealkylation sites (tertiary alicyclic amines) is 1. The van der Waals surface area contributed by atoms with E-state index in [1.807, 2.05) is 13.8 Å². The molecular formula is C10H21NO2. The minimum Gasteiger partial charge on any atom is -0.354 e. The van der Waals surface area contributed by atoms with E-state index >= 15 is 0 Å². The highest BCUT2D eigenvalue weighted by molar-refractivity contribution is 4.68. The standard InChI is InChI=1S/C10H21NO2/c1-9(11-7-5-6-8-11)13-10(2,3)12-4/h9H,5-8H2,1-4H3. The third-order valence-corrected chi connectivity index (χ3v) is 2.60. The summed E-state index contributed by atoms with van der Waals surface area (Å²) in [6, 6.07) is 0. The minimum atomic E-state index is -0.470. The molecule has 3 nitrogen and oxygen atoms in total. The van der Waals surface area contributed by atoms with Crippen LogP contribution >= 0.6 is 0 Å². The van der Waals surface area contributed by atoms with Crippen LogP contribution in [0.3, 0.4) is 0 Å². The van der Waals surface area contributed by atoms with Crippen LogP contribution in [0.15, 0.2) is 0 Å². The number of hydrogen-bond donors (Lipinski definition) is 0. The van der Waals surface area contributed by atoms with Crippen LogP contribution in [0, 0.1) is 0 Å². The van der Waals surface area contributed by atoms with Gasteiger partial charge >= 0.3 is 0 Å². The van der Waals surface area contributed by atoms with Crippen molar-refractivity contribution < 1.29 is 9.47 Å². The number of hydrogen-bond acceptors (Lipinski definition) is 3. The Balaban J connectivity index is 2.35. The lowest BCUT2D eigenvalue weighted by atomic mass is 10.4. The van der Waals surface area contributed by atoms with Gasteiger partial charge < -0.3 is 9.47 Å². The van der Waals surface area contributed by atoms with Gasteiger partial charge in [-0.3, -0.25) is 4.90 Å². The summed E-state index contributed by atoms with van der Waals surface area (Å²) in [6.07, 6.45) is 2.75.